The van der Waals surface area contributed by atoms with Gasteiger partial charge in [0, 0.05) is 13.1 Å². The molecule has 1 N–H and O–H groups in total. The summed E-state index contributed by atoms with van der Waals surface area (Å²) >= 11 is 0. The largest absolute Gasteiger partial charge is 0.493 e. The second-order valence-corrected chi connectivity index (χ2v) is 6.47. The molecule has 6 nitrogen and oxygen atoms in total. The van der Waals surface area contributed by atoms with Crippen LogP contribution in [0, 0.1) is 0 Å². The van der Waals surface area contributed by atoms with Crippen LogP contribution in [0.3, 0.4) is 0 Å². The van der Waals surface area contributed by atoms with E-state index < -0.39 is 0 Å². The Morgan fingerprint density at radius 3 is 2.41 bits per heavy atom. The maximum absolute atomic E-state index is 12.5. The number of likely N-dealkylation sites (N-methyl/N-ethyl adjacent to an activating group) is 1. The maximum Gasteiger partial charge on any atom is 0.255 e. The Balaban J connectivity index is 1.97. The lowest BCUT2D eigenvalue weighted by Crippen LogP contribution is -2.28. The quantitative estimate of drug-likeness (QED) is 0.588. The van der Waals surface area contributed by atoms with Gasteiger partial charge >= 0.3 is 0 Å². The standard InChI is InChI=1S/C23H32N2O4/c1-5-25(6-2)14-15-29-21-13-12-18(16-22(21)27-4)17-24-23(26)19-10-8-9-11-20(19)28-7-3/h8-13,16H,5-7,14-15,17H2,1-4H3,(H,24,26). The SMILES string of the molecule is CCOc1ccccc1C(=O)NCc1ccc(OCCN(CC)CC)c(OC)c1. The predicted octanol–water partition coefficient (Wildman–Crippen LogP) is 3.74. The van der Waals surface area contributed by atoms with Crippen LogP contribution < -0.4 is 19.5 Å². The molecule has 0 fully saturated rings. The van der Waals surface area contributed by atoms with E-state index in [-0.39, 0.29) is 5.91 Å². The third-order valence-corrected chi connectivity index (χ3v) is 4.67. The van der Waals surface area contributed by atoms with E-state index >= 15 is 0 Å². The topological polar surface area (TPSA) is 60.0 Å². The highest BCUT2D eigenvalue weighted by atomic mass is 16.5. The van der Waals surface area contributed by atoms with Crippen LogP contribution in [0.1, 0.15) is 36.7 Å². The molecule has 1 amide bonds. The number of ether oxygens (including phenoxy) is 3. The molecule has 158 valence electrons. The molecule has 0 atom stereocenters. The smallest absolute Gasteiger partial charge is 0.255 e. The van der Waals surface area contributed by atoms with Crippen molar-refractivity contribution in [3.8, 4) is 17.2 Å². The molecule has 0 aliphatic heterocycles. The Hall–Kier alpha value is -2.73. The maximum atomic E-state index is 12.5. The van der Waals surface area contributed by atoms with Crippen LogP contribution in [0.4, 0.5) is 0 Å². The van der Waals surface area contributed by atoms with Crippen molar-refractivity contribution in [1.82, 2.24) is 10.2 Å². The zero-order valence-electron chi connectivity index (χ0n) is 17.9. The minimum absolute atomic E-state index is 0.174. The number of para-hydroxylation sites is 1. The number of hydrogen-bond acceptors (Lipinski definition) is 5. The fourth-order valence-corrected chi connectivity index (χ4v) is 2.98. The van der Waals surface area contributed by atoms with Gasteiger partial charge in [-0.2, -0.15) is 0 Å². The normalized spacial score (nSPS) is 10.7. The molecule has 0 aliphatic rings. The number of carbonyl (C=O) groups is 1. The number of hydrogen-bond donors (Lipinski definition) is 1. The van der Waals surface area contributed by atoms with Gasteiger partial charge in [0.25, 0.3) is 5.91 Å². The van der Waals surface area contributed by atoms with Crippen molar-refractivity contribution >= 4 is 5.91 Å². The monoisotopic (exact) mass is 400 g/mol. The summed E-state index contributed by atoms with van der Waals surface area (Å²) in [6, 6.07) is 12.9. The third kappa shape index (κ3) is 6.68. The van der Waals surface area contributed by atoms with E-state index in [0.717, 1.165) is 25.2 Å². The Labute approximate surface area is 173 Å². The van der Waals surface area contributed by atoms with Gasteiger partial charge in [0.1, 0.15) is 12.4 Å². The van der Waals surface area contributed by atoms with E-state index in [1.807, 2.05) is 37.3 Å². The first kappa shape index (κ1) is 22.6. The summed E-state index contributed by atoms with van der Waals surface area (Å²) in [6.45, 7) is 10.5. The van der Waals surface area contributed by atoms with Gasteiger partial charge in [-0.3, -0.25) is 4.79 Å². The highest BCUT2D eigenvalue weighted by Crippen LogP contribution is 2.28. The molecule has 0 saturated carbocycles. The first-order chi connectivity index (χ1) is 14.1. The van der Waals surface area contributed by atoms with Crippen molar-refractivity contribution < 1.29 is 19.0 Å². The van der Waals surface area contributed by atoms with Crippen molar-refractivity contribution in [2.75, 3.05) is 40.0 Å². The van der Waals surface area contributed by atoms with Crippen molar-refractivity contribution in [3.63, 3.8) is 0 Å². The van der Waals surface area contributed by atoms with E-state index in [1.165, 1.54) is 0 Å². The van der Waals surface area contributed by atoms with Crippen LogP contribution in [0.25, 0.3) is 0 Å². The summed E-state index contributed by atoms with van der Waals surface area (Å²) in [5.41, 5.74) is 1.46. The Bertz CT molecular complexity index is 775. The lowest BCUT2D eigenvalue weighted by molar-refractivity contribution is 0.0947. The molecule has 0 bridgehead atoms. The molecule has 6 heteroatoms. The second kappa shape index (κ2) is 12.0. The molecule has 0 aliphatic carbocycles. The number of methoxy groups -OCH3 is 1. The van der Waals surface area contributed by atoms with Crippen LogP contribution >= 0.6 is 0 Å². The van der Waals surface area contributed by atoms with Gasteiger partial charge in [-0.05, 0) is 49.8 Å². The van der Waals surface area contributed by atoms with Crippen LogP contribution in [-0.2, 0) is 6.54 Å². The van der Waals surface area contributed by atoms with Crippen molar-refractivity contribution in [2.24, 2.45) is 0 Å². The number of rotatable bonds is 12. The van der Waals surface area contributed by atoms with Crippen LogP contribution in [-0.4, -0.2) is 50.8 Å². The molecular weight excluding hydrogens is 368 g/mol. The van der Waals surface area contributed by atoms with Crippen LogP contribution in [0.15, 0.2) is 42.5 Å². The summed E-state index contributed by atoms with van der Waals surface area (Å²) in [5, 5.41) is 2.94. The molecular formula is C23H32N2O4. The molecule has 2 aromatic carbocycles. The average Bonchev–Trinajstić information content (AvgIpc) is 2.76. The molecule has 0 spiro atoms. The van der Waals surface area contributed by atoms with Crippen molar-refractivity contribution in [3.05, 3.63) is 53.6 Å². The summed E-state index contributed by atoms with van der Waals surface area (Å²) < 4.78 is 16.9. The van der Waals surface area contributed by atoms with E-state index in [9.17, 15) is 4.79 Å². The summed E-state index contributed by atoms with van der Waals surface area (Å²) in [4.78, 5) is 14.8. The first-order valence-electron chi connectivity index (χ1n) is 10.1. The second-order valence-electron chi connectivity index (χ2n) is 6.47. The fourth-order valence-electron chi connectivity index (χ4n) is 2.98. The highest BCUT2D eigenvalue weighted by molar-refractivity contribution is 5.96. The minimum atomic E-state index is -0.174. The molecule has 0 heterocycles. The molecule has 0 saturated heterocycles. The number of nitrogens with zero attached hydrogens (tertiary/aromatic N) is 1. The zero-order chi connectivity index (χ0) is 21.1. The van der Waals surface area contributed by atoms with Crippen LogP contribution in [0.5, 0.6) is 17.2 Å². The van der Waals surface area contributed by atoms with Gasteiger partial charge in [-0.1, -0.05) is 32.0 Å². The number of amides is 1. The summed E-state index contributed by atoms with van der Waals surface area (Å²) in [7, 11) is 1.62. The lowest BCUT2D eigenvalue weighted by atomic mass is 10.1. The highest BCUT2D eigenvalue weighted by Gasteiger charge is 2.12. The van der Waals surface area contributed by atoms with Gasteiger partial charge in [-0.25, -0.2) is 0 Å². The van der Waals surface area contributed by atoms with Gasteiger partial charge < -0.3 is 24.4 Å². The van der Waals surface area contributed by atoms with Crippen molar-refractivity contribution in [2.45, 2.75) is 27.3 Å². The Morgan fingerprint density at radius 1 is 0.966 bits per heavy atom. The molecule has 0 aromatic heterocycles. The van der Waals surface area contributed by atoms with Gasteiger partial charge in [-0.15, -0.1) is 0 Å². The molecule has 0 unspecified atom stereocenters. The van der Waals surface area contributed by atoms with Crippen LogP contribution in [0.2, 0.25) is 0 Å². The zero-order valence-corrected chi connectivity index (χ0v) is 17.9. The third-order valence-electron chi connectivity index (χ3n) is 4.67. The molecule has 2 aromatic rings. The van der Waals surface area contributed by atoms with E-state index in [2.05, 4.69) is 24.1 Å². The van der Waals surface area contributed by atoms with E-state index in [0.29, 0.717) is 42.6 Å². The summed E-state index contributed by atoms with van der Waals surface area (Å²) in [6.07, 6.45) is 0. The van der Waals surface area contributed by atoms with E-state index in [1.54, 1.807) is 19.2 Å². The minimum Gasteiger partial charge on any atom is -0.493 e. The van der Waals surface area contributed by atoms with E-state index in [4.69, 9.17) is 14.2 Å². The molecule has 2 rings (SSSR count). The fraction of sp³-hybridized carbons (Fsp3) is 0.435. The first-order valence-corrected chi connectivity index (χ1v) is 10.1. The number of nitrogens with one attached hydrogen (secondary N) is 1. The van der Waals surface area contributed by atoms with Crippen molar-refractivity contribution in [1.29, 1.82) is 0 Å². The number of benzene rings is 2. The van der Waals surface area contributed by atoms with Gasteiger partial charge in [0.15, 0.2) is 11.5 Å². The van der Waals surface area contributed by atoms with Gasteiger partial charge in [0.2, 0.25) is 0 Å². The Morgan fingerprint density at radius 2 is 1.72 bits per heavy atom. The predicted molar refractivity (Wildman–Crippen MR) is 115 cm³/mol. The molecule has 29 heavy (non-hydrogen) atoms. The molecule has 0 radical (unpaired) electrons. The summed E-state index contributed by atoms with van der Waals surface area (Å²) in [5.74, 6) is 1.78. The number of carbonyl (C=O) groups excluding carboxylic acids is 1. The lowest BCUT2D eigenvalue weighted by Gasteiger charge is -2.19. The average molecular weight is 401 g/mol. The Kier molecular flexibility index (Phi) is 9.31. The van der Waals surface area contributed by atoms with Gasteiger partial charge in [0.05, 0.1) is 19.3 Å².